The van der Waals surface area contributed by atoms with E-state index in [-0.39, 0.29) is 22.7 Å². The molecule has 3 rings (SSSR count). The van der Waals surface area contributed by atoms with Gasteiger partial charge in [0.25, 0.3) is 5.91 Å². The number of halogens is 1. The van der Waals surface area contributed by atoms with Crippen LogP contribution in [0.25, 0.3) is 0 Å². The molecule has 2 unspecified atom stereocenters. The molecule has 2 aliphatic heterocycles. The van der Waals surface area contributed by atoms with Crippen molar-refractivity contribution >= 4 is 17.5 Å². The largest absolute Gasteiger partial charge is 0.506 e. The van der Waals surface area contributed by atoms with E-state index in [1.165, 1.54) is 25.0 Å². The molecule has 0 radical (unpaired) electrons. The number of aromatic hydroxyl groups is 1. The molecule has 1 amide bonds. The van der Waals surface area contributed by atoms with E-state index >= 15 is 0 Å². The highest BCUT2D eigenvalue weighted by atomic mass is 35.5. The molecule has 1 aromatic rings. The number of phenolic OH excluding ortho intramolecular Hbond substituents is 1. The second kappa shape index (κ2) is 5.02. The van der Waals surface area contributed by atoms with Crippen LogP contribution in [0.2, 0.25) is 5.02 Å². The fraction of sp³-hybridized carbons (Fsp3) is 0.500. The summed E-state index contributed by atoms with van der Waals surface area (Å²) in [5.74, 6) is -0.110. The summed E-state index contributed by atoms with van der Waals surface area (Å²) >= 11 is 5.83. The van der Waals surface area contributed by atoms with Crippen LogP contribution in [-0.4, -0.2) is 41.1 Å². The lowest BCUT2D eigenvalue weighted by molar-refractivity contribution is 0.0929. The Labute approximate surface area is 117 Å². The Morgan fingerprint density at radius 1 is 1.37 bits per heavy atom. The third kappa shape index (κ3) is 2.42. The average Bonchev–Trinajstić information content (AvgIpc) is 2.97. The van der Waals surface area contributed by atoms with Gasteiger partial charge in [-0.1, -0.05) is 11.6 Å². The second-order valence-corrected chi connectivity index (χ2v) is 5.69. The number of carbonyl (C=O) groups excluding carboxylic acids is 1. The van der Waals surface area contributed by atoms with Crippen LogP contribution in [0.1, 0.15) is 29.6 Å². The maximum Gasteiger partial charge on any atom is 0.251 e. The molecule has 102 valence electrons. The molecule has 0 aromatic heterocycles. The molecule has 0 aliphatic carbocycles. The molecule has 2 fully saturated rings. The smallest absolute Gasteiger partial charge is 0.251 e. The highest BCUT2D eigenvalue weighted by Crippen LogP contribution is 2.28. The van der Waals surface area contributed by atoms with Crippen LogP contribution in [0.4, 0.5) is 0 Å². The van der Waals surface area contributed by atoms with Crippen molar-refractivity contribution in [3.05, 3.63) is 28.8 Å². The van der Waals surface area contributed by atoms with Gasteiger partial charge in [-0.25, -0.2) is 0 Å². The topological polar surface area (TPSA) is 52.6 Å². The van der Waals surface area contributed by atoms with E-state index in [1.807, 2.05) is 0 Å². The van der Waals surface area contributed by atoms with E-state index in [4.69, 9.17) is 11.6 Å². The number of fused-ring (bicyclic) bond motifs is 1. The normalized spacial score (nSPS) is 26.4. The maximum atomic E-state index is 12.2. The van der Waals surface area contributed by atoms with Crippen LogP contribution >= 0.6 is 11.6 Å². The van der Waals surface area contributed by atoms with E-state index < -0.39 is 0 Å². The van der Waals surface area contributed by atoms with Gasteiger partial charge in [0.05, 0.1) is 5.02 Å². The molecule has 1 aromatic carbocycles. The molecule has 0 bridgehead atoms. The van der Waals surface area contributed by atoms with Crippen molar-refractivity contribution in [2.24, 2.45) is 0 Å². The minimum absolute atomic E-state index is 0.000973. The van der Waals surface area contributed by atoms with Gasteiger partial charge in [0.1, 0.15) is 5.75 Å². The number of benzene rings is 1. The van der Waals surface area contributed by atoms with Crippen LogP contribution in [-0.2, 0) is 0 Å². The van der Waals surface area contributed by atoms with E-state index in [9.17, 15) is 9.90 Å². The molecule has 2 atom stereocenters. The van der Waals surface area contributed by atoms with Gasteiger partial charge in [0, 0.05) is 24.2 Å². The van der Waals surface area contributed by atoms with Gasteiger partial charge in [-0.15, -0.1) is 0 Å². The van der Waals surface area contributed by atoms with Crippen molar-refractivity contribution in [1.29, 1.82) is 0 Å². The summed E-state index contributed by atoms with van der Waals surface area (Å²) in [6.07, 6.45) is 3.41. The molecule has 2 N–H and O–H groups in total. The number of hydrogen-bond donors (Lipinski definition) is 2. The molecule has 4 nitrogen and oxygen atoms in total. The lowest BCUT2D eigenvalue weighted by Crippen LogP contribution is -2.42. The highest BCUT2D eigenvalue weighted by molar-refractivity contribution is 6.32. The van der Waals surface area contributed by atoms with Crippen molar-refractivity contribution < 1.29 is 9.90 Å². The molecule has 2 saturated heterocycles. The maximum absolute atomic E-state index is 12.2. The molecule has 0 spiro atoms. The Morgan fingerprint density at radius 2 is 2.21 bits per heavy atom. The standard InChI is InChI=1S/C14H17ClN2O2/c15-10-8-9(3-4-13(10)18)14(19)16-11-5-7-17-6-1-2-12(11)17/h3-4,8,11-12,18H,1-2,5-7H2,(H,16,19). The second-order valence-electron chi connectivity index (χ2n) is 5.28. The van der Waals surface area contributed by atoms with Crippen LogP contribution in [0.5, 0.6) is 5.75 Å². The summed E-state index contributed by atoms with van der Waals surface area (Å²) in [5.41, 5.74) is 0.499. The monoisotopic (exact) mass is 280 g/mol. The van der Waals surface area contributed by atoms with Crippen LogP contribution in [0, 0.1) is 0 Å². The van der Waals surface area contributed by atoms with E-state index in [0.29, 0.717) is 11.6 Å². The first kappa shape index (κ1) is 12.8. The average molecular weight is 281 g/mol. The van der Waals surface area contributed by atoms with Crippen molar-refractivity contribution in [3.8, 4) is 5.75 Å². The summed E-state index contributed by atoms with van der Waals surface area (Å²) in [6, 6.07) is 5.29. The number of amides is 1. The number of hydrogen-bond acceptors (Lipinski definition) is 3. The third-order valence-electron chi connectivity index (χ3n) is 4.13. The summed E-state index contributed by atoms with van der Waals surface area (Å²) in [7, 11) is 0. The van der Waals surface area contributed by atoms with Crippen LogP contribution < -0.4 is 5.32 Å². The van der Waals surface area contributed by atoms with Crippen molar-refractivity contribution in [2.45, 2.75) is 31.3 Å². The predicted octanol–water partition coefficient (Wildman–Crippen LogP) is 2.01. The first-order valence-electron chi connectivity index (χ1n) is 6.68. The van der Waals surface area contributed by atoms with Gasteiger partial charge >= 0.3 is 0 Å². The Bertz CT molecular complexity index is 506. The SMILES string of the molecule is O=C(NC1CCN2CCCC12)c1ccc(O)c(Cl)c1. The van der Waals surface area contributed by atoms with Gasteiger partial charge in [-0.3, -0.25) is 9.69 Å². The lowest BCUT2D eigenvalue weighted by atomic mass is 10.1. The lowest BCUT2D eigenvalue weighted by Gasteiger charge is -2.21. The highest BCUT2D eigenvalue weighted by Gasteiger charge is 2.37. The van der Waals surface area contributed by atoms with Crippen molar-refractivity contribution in [1.82, 2.24) is 10.2 Å². The first-order valence-corrected chi connectivity index (χ1v) is 7.06. The van der Waals surface area contributed by atoms with Crippen LogP contribution in [0.15, 0.2) is 18.2 Å². The van der Waals surface area contributed by atoms with Gasteiger partial charge in [-0.05, 0) is 44.0 Å². The Balaban J connectivity index is 1.69. The molecule has 19 heavy (non-hydrogen) atoms. The van der Waals surface area contributed by atoms with E-state index in [0.717, 1.165) is 19.5 Å². The molecule has 0 saturated carbocycles. The minimum atomic E-state index is -0.111. The van der Waals surface area contributed by atoms with Gasteiger partial charge in [-0.2, -0.15) is 0 Å². The van der Waals surface area contributed by atoms with Crippen molar-refractivity contribution in [3.63, 3.8) is 0 Å². The van der Waals surface area contributed by atoms with Crippen LogP contribution in [0.3, 0.4) is 0 Å². The molecule has 5 heteroatoms. The Morgan fingerprint density at radius 3 is 3.00 bits per heavy atom. The zero-order valence-corrected chi connectivity index (χ0v) is 11.4. The quantitative estimate of drug-likeness (QED) is 0.871. The molecular formula is C14H17ClN2O2. The number of nitrogens with zero attached hydrogens (tertiary/aromatic N) is 1. The Kier molecular flexibility index (Phi) is 3.37. The number of nitrogens with one attached hydrogen (secondary N) is 1. The predicted molar refractivity (Wildman–Crippen MR) is 73.6 cm³/mol. The fourth-order valence-electron chi connectivity index (χ4n) is 3.15. The fourth-order valence-corrected chi connectivity index (χ4v) is 3.33. The zero-order chi connectivity index (χ0) is 13.4. The minimum Gasteiger partial charge on any atom is -0.506 e. The van der Waals surface area contributed by atoms with Crippen molar-refractivity contribution in [2.75, 3.05) is 13.1 Å². The summed E-state index contributed by atoms with van der Waals surface area (Å²) in [6.45, 7) is 2.23. The number of phenols is 1. The van der Waals surface area contributed by atoms with E-state index in [2.05, 4.69) is 10.2 Å². The number of rotatable bonds is 2. The van der Waals surface area contributed by atoms with Gasteiger partial charge in [0.15, 0.2) is 0 Å². The molecular weight excluding hydrogens is 264 g/mol. The Hall–Kier alpha value is -1.26. The zero-order valence-electron chi connectivity index (χ0n) is 10.6. The molecule has 2 aliphatic rings. The summed E-state index contributed by atoms with van der Waals surface area (Å²) in [4.78, 5) is 14.6. The van der Waals surface area contributed by atoms with Gasteiger partial charge in [0.2, 0.25) is 0 Å². The molecule has 2 heterocycles. The van der Waals surface area contributed by atoms with Gasteiger partial charge < -0.3 is 10.4 Å². The number of carbonyl (C=O) groups is 1. The van der Waals surface area contributed by atoms with E-state index in [1.54, 1.807) is 6.07 Å². The summed E-state index contributed by atoms with van der Waals surface area (Å²) in [5, 5.41) is 12.7. The summed E-state index contributed by atoms with van der Waals surface area (Å²) < 4.78 is 0. The third-order valence-corrected chi connectivity index (χ3v) is 4.44. The first-order chi connectivity index (χ1) is 9.15.